The average molecular weight is 543 g/mol. The fraction of sp³-hybridized carbons (Fsp3) is 0.188. The molecular weight excluding hydrogens is 512 g/mol. The van der Waals surface area contributed by atoms with Crippen LogP contribution in [0.4, 0.5) is 0 Å². The molecule has 206 valence electrons. The molecule has 0 aromatic heterocycles. The van der Waals surface area contributed by atoms with Gasteiger partial charge in [-0.05, 0) is 47.5 Å². The molecule has 0 heterocycles. The summed E-state index contributed by atoms with van der Waals surface area (Å²) in [5.41, 5.74) is 2.12. The van der Waals surface area contributed by atoms with Crippen LogP contribution >= 0.6 is 0 Å². The van der Waals surface area contributed by atoms with E-state index in [0.29, 0.717) is 28.7 Å². The van der Waals surface area contributed by atoms with E-state index in [9.17, 15) is 9.59 Å². The number of carbonyl (C=O) groups is 2. The van der Waals surface area contributed by atoms with Gasteiger partial charge in [0.15, 0.2) is 28.8 Å². The lowest BCUT2D eigenvalue weighted by molar-refractivity contribution is 0.0731. The molecular formula is C32H30O8. The molecule has 0 aliphatic carbocycles. The predicted octanol–water partition coefficient (Wildman–Crippen LogP) is 5.94. The molecule has 0 atom stereocenters. The summed E-state index contributed by atoms with van der Waals surface area (Å²) in [4.78, 5) is 26.7. The lowest BCUT2D eigenvalue weighted by Crippen LogP contribution is -2.14. The highest BCUT2D eigenvalue weighted by molar-refractivity contribution is 6.02. The third-order valence-corrected chi connectivity index (χ3v) is 6.15. The van der Waals surface area contributed by atoms with Crippen molar-refractivity contribution in [1.29, 1.82) is 0 Å². The van der Waals surface area contributed by atoms with Gasteiger partial charge in [-0.2, -0.15) is 0 Å². The highest BCUT2D eigenvalue weighted by Crippen LogP contribution is 2.36. The molecule has 0 fully saturated rings. The number of methoxy groups -OCH3 is 4. The summed E-state index contributed by atoms with van der Waals surface area (Å²) in [6.07, 6.45) is 0.0735. The van der Waals surface area contributed by atoms with E-state index in [4.69, 9.17) is 28.4 Å². The van der Waals surface area contributed by atoms with Crippen LogP contribution < -0.4 is 28.4 Å². The Hall–Kier alpha value is -4.98. The van der Waals surface area contributed by atoms with Gasteiger partial charge < -0.3 is 28.4 Å². The van der Waals surface area contributed by atoms with E-state index >= 15 is 0 Å². The van der Waals surface area contributed by atoms with E-state index in [-0.39, 0.29) is 35.7 Å². The molecule has 0 saturated heterocycles. The summed E-state index contributed by atoms with van der Waals surface area (Å²) < 4.78 is 33.1. The summed E-state index contributed by atoms with van der Waals surface area (Å²) in [6, 6.07) is 24.5. The van der Waals surface area contributed by atoms with Gasteiger partial charge in [0.1, 0.15) is 18.1 Å². The van der Waals surface area contributed by atoms with E-state index < -0.39 is 5.97 Å². The smallest absolute Gasteiger partial charge is 0.343 e. The fourth-order valence-electron chi connectivity index (χ4n) is 4.00. The number of benzene rings is 4. The normalized spacial score (nSPS) is 10.4. The van der Waals surface area contributed by atoms with Gasteiger partial charge in [-0.3, -0.25) is 4.79 Å². The monoisotopic (exact) mass is 542 g/mol. The highest BCUT2D eigenvalue weighted by atomic mass is 16.5. The number of hydrogen-bond acceptors (Lipinski definition) is 8. The van der Waals surface area contributed by atoms with Gasteiger partial charge in [-0.1, -0.05) is 42.5 Å². The maximum atomic E-state index is 13.4. The first-order chi connectivity index (χ1) is 19.4. The molecule has 0 saturated carbocycles. The summed E-state index contributed by atoms with van der Waals surface area (Å²) >= 11 is 0. The third-order valence-electron chi connectivity index (χ3n) is 6.15. The lowest BCUT2D eigenvalue weighted by atomic mass is 10.0. The van der Waals surface area contributed by atoms with Gasteiger partial charge in [-0.15, -0.1) is 0 Å². The number of ketones is 1. The van der Waals surface area contributed by atoms with Crippen LogP contribution in [-0.4, -0.2) is 40.2 Å². The summed E-state index contributed by atoms with van der Waals surface area (Å²) in [7, 11) is 6.02. The van der Waals surface area contributed by atoms with Crippen LogP contribution in [0.1, 0.15) is 31.8 Å². The zero-order valence-corrected chi connectivity index (χ0v) is 22.8. The van der Waals surface area contributed by atoms with Gasteiger partial charge in [0.2, 0.25) is 0 Å². The summed E-state index contributed by atoms with van der Waals surface area (Å²) in [5, 5.41) is 0. The lowest BCUT2D eigenvalue weighted by Gasteiger charge is -2.15. The Bertz CT molecular complexity index is 1460. The second-order valence-corrected chi connectivity index (χ2v) is 8.68. The summed E-state index contributed by atoms with van der Waals surface area (Å²) in [6.45, 7) is 0.287. The van der Waals surface area contributed by atoms with Gasteiger partial charge in [-0.25, -0.2) is 4.79 Å². The minimum atomic E-state index is -0.682. The van der Waals surface area contributed by atoms with Crippen LogP contribution in [-0.2, 0) is 13.0 Å². The van der Waals surface area contributed by atoms with E-state index in [1.807, 2.05) is 30.3 Å². The number of hydrogen-bond donors (Lipinski definition) is 0. The largest absolute Gasteiger partial charge is 0.497 e. The summed E-state index contributed by atoms with van der Waals surface area (Å²) in [5.74, 6) is 1.27. The first-order valence-corrected chi connectivity index (χ1v) is 12.4. The molecule has 4 aromatic rings. The van der Waals surface area contributed by atoms with Crippen molar-refractivity contribution in [3.05, 3.63) is 107 Å². The maximum Gasteiger partial charge on any atom is 0.343 e. The standard InChI is InChI=1S/C32H30O8/c1-35-24-13-10-21(11-14-24)16-26(33)25-18-29(37-3)30(38-4)19-28(25)40-32(34)23-12-15-27(36-2)31(17-23)39-20-22-8-6-5-7-9-22/h5-15,17-19H,16,20H2,1-4H3. The topological polar surface area (TPSA) is 89.5 Å². The van der Waals surface area contributed by atoms with Gasteiger partial charge >= 0.3 is 5.97 Å². The number of esters is 1. The second-order valence-electron chi connectivity index (χ2n) is 8.68. The quantitative estimate of drug-likeness (QED) is 0.123. The minimum Gasteiger partial charge on any atom is -0.497 e. The Labute approximate surface area is 233 Å². The van der Waals surface area contributed by atoms with Crippen LogP contribution in [0, 0.1) is 0 Å². The Kier molecular flexibility index (Phi) is 9.25. The maximum absolute atomic E-state index is 13.4. The van der Waals surface area contributed by atoms with Crippen molar-refractivity contribution in [3.63, 3.8) is 0 Å². The van der Waals surface area contributed by atoms with Crippen molar-refractivity contribution < 1.29 is 38.0 Å². The molecule has 0 radical (unpaired) electrons. The molecule has 4 aromatic carbocycles. The Morgan fingerprint density at radius 2 is 1.27 bits per heavy atom. The van der Waals surface area contributed by atoms with Crippen LogP contribution in [0.25, 0.3) is 0 Å². The van der Waals surface area contributed by atoms with E-state index in [0.717, 1.165) is 11.1 Å². The third kappa shape index (κ3) is 6.71. The Balaban J connectivity index is 1.60. The van der Waals surface area contributed by atoms with Gasteiger partial charge in [0, 0.05) is 12.5 Å². The molecule has 0 aliphatic heterocycles. The molecule has 0 amide bonds. The van der Waals surface area contributed by atoms with Crippen LogP contribution in [0.15, 0.2) is 84.9 Å². The van der Waals surface area contributed by atoms with E-state index in [1.165, 1.54) is 33.5 Å². The molecule has 8 nitrogen and oxygen atoms in total. The van der Waals surface area contributed by atoms with Crippen LogP contribution in [0.3, 0.4) is 0 Å². The number of Topliss-reactive ketones (excluding diaryl/α,β-unsaturated/α-hetero) is 1. The molecule has 4 rings (SSSR count). The first kappa shape index (κ1) is 28.0. The zero-order valence-electron chi connectivity index (χ0n) is 22.8. The Morgan fingerprint density at radius 1 is 0.600 bits per heavy atom. The molecule has 0 aliphatic rings. The van der Waals surface area contributed by atoms with Crippen molar-refractivity contribution >= 4 is 11.8 Å². The molecule has 0 bridgehead atoms. The molecule has 0 spiro atoms. The van der Waals surface area contributed by atoms with Crippen molar-refractivity contribution in [2.24, 2.45) is 0 Å². The molecule has 0 N–H and O–H groups in total. The van der Waals surface area contributed by atoms with E-state index in [1.54, 1.807) is 49.6 Å². The minimum absolute atomic E-state index is 0.0451. The fourth-order valence-corrected chi connectivity index (χ4v) is 4.00. The van der Waals surface area contributed by atoms with Crippen molar-refractivity contribution in [2.75, 3.05) is 28.4 Å². The second kappa shape index (κ2) is 13.2. The van der Waals surface area contributed by atoms with Crippen molar-refractivity contribution in [1.82, 2.24) is 0 Å². The first-order valence-electron chi connectivity index (χ1n) is 12.4. The molecule has 40 heavy (non-hydrogen) atoms. The van der Waals surface area contributed by atoms with E-state index in [2.05, 4.69) is 0 Å². The van der Waals surface area contributed by atoms with Gasteiger partial charge in [0.25, 0.3) is 0 Å². The van der Waals surface area contributed by atoms with Crippen molar-refractivity contribution in [2.45, 2.75) is 13.0 Å². The predicted molar refractivity (Wildman–Crippen MR) is 149 cm³/mol. The number of ether oxygens (including phenoxy) is 6. The zero-order chi connectivity index (χ0) is 28.5. The van der Waals surface area contributed by atoms with Crippen molar-refractivity contribution in [3.8, 4) is 34.5 Å². The van der Waals surface area contributed by atoms with Crippen LogP contribution in [0.2, 0.25) is 0 Å². The molecule has 0 unspecified atom stereocenters. The van der Waals surface area contributed by atoms with Gasteiger partial charge in [0.05, 0.1) is 39.6 Å². The van der Waals surface area contributed by atoms with Crippen LogP contribution in [0.5, 0.6) is 34.5 Å². The Morgan fingerprint density at radius 3 is 1.93 bits per heavy atom. The highest BCUT2D eigenvalue weighted by Gasteiger charge is 2.22. The molecule has 8 heteroatoms. The number of rotatable bonds is 12. The average Bonchev–Trinajstić information content (AvgIpc) is 3.00. The SMILES string of the molecule is COc1ccc(CC(=O)c2cc(OC)c(OC)cc2OC(=O)c2ccc(OC)c(OCc3ccccc3)c2)cc1. The number of carbonyl (C=O) groups excluding carboxylic acids is 2.